The molecule has 1 fully saturated rings. The first-order valence-corrected chi connectivity index (χ1v) is 13.8. The maximum atomic E-state index is 12.3. The number of anilines is 1. The number of hydrogen-bond donors (Lipinski definition) is 0. The number of aryl methyl sites for hydroxylation is 1. The van der Waals surface area contributed by atoms with E-state index in [-0.39, 0.29) is 5.78 Å². The van der Waals surface area contributed by atoms with Crippen molar-refractivity contribution in [2.75, 3.05) is 18.0 Å². The zero-order valence-corrected chi connectivity index (χ0v) is 22.0. The fourth-order valence-electron chi connectivity index (χ4n) is 6.80. The van der Waals surface area contributed by atoms with Gasteiger partial charge in [-0.05, 0) is 106 Å². The summed E-state index contributed by atoms with van der Waals surface area (Å²) in [4.78, 5) is 14.9. The van der Waals surface area contributed by atoms with Gasteiger partial charge in [0, 0.05) is 24.3 Å². The number of ketones is 1. The highest BCUT2D eigenvalue weighted by atomic mass is 16.1. The van der Waals surface area contributed by atoms with Gasteiger partial charge in [0.15, 0.2) is 5.78 Å². The van der Waals surface area contributed by atoms with Crippen LogP contribution in [0.15, 0.2) is 53.6 Å². The van der Waals surface area contributed by atoms with Gasteiger partial charge in [0.25, 0.3) is 0 Å². The molecule has 0 saturated heterocycles. The van der Waals surface area contributed by atoms with Crippen LogP contribution < -0.4 is 4.90 Å². The SMILES string of the molecule is C=CCCC1CC(C)C1CN1CC(C2=C(CCC)C=C(C)CC2)CCc2ccc(C(C)=O)cc21. The van der Waals surface area contributed by atoms with Gasteiger partial charge in [-0.1, -0.05) is 55.7 Å². The molecule has 1 aliphatic heterocycles. The Labute approximate surface area is 208 Å². The van der Waals surface area contributed by atoms with Crippen LogP contribution >= 0.6 is 0 Å². The van der Waals surface area contributed by atoms with E-state index in [0.717, 1.165) is 49.2 Å². The van der Waals surface area contributed by atoms with Crippen molar-refractivity contribution in [1.82, 2.24) is 0 Å². The van der Waals surface area contributed by atoms with Gasteiger partial charge in [-0.25, -0.2) is 0 Å². The predicted molar refractivity (Wildman–Crippen MR) is 146 cm³/mol. The van der Waals surface area contributed by atoms with Gasteiger partial charge in [0.1, 0.15) is 0 Å². The summed E-state index contributed by atoms with van der Waals surface area (Å²) < 4.78 is 0. The molecule has 184 valence electrons. The first kappa shape index (κ1) is 25.0. The van der Waals surface area contributed by atoms with Crippen molar-refractivity contribution in [3.63, 3.8) is 0 Å². The van der Waals surface area contributed by atoms with Crippen LogP contribution in [0.4, 0.5) is 5.69 Å². The molecule has 0 N–H and O–H groups in total. The lowest BCUT2D eigenvalue weighted by atomic mass is 9.63. The van der Waals surface area contributed by atoms with Crippen LogP contribution in [-0.2, 0) is 6.42 Å². The molecule has 1 aromatic rings. The first-order chi connectivity index (χ1) is 16.4. The van der Waals surface area contributed by atoms with E-state index in [1.807, 2.05) is 6.07 Å². The van der Waals surface area contributed by atoms with Crippen molar-refractivity contribution in [2.24, 2.45) is 23.7 Å². The lowest BCUT2D eigenvalue weighted by Gasteiger charge is -2.46. The molecule has 2 nitrogen and oxygen atoms in total. The molecule has 0 aromatic heterocycles. The van der Waals surface area contributed by atoms with Gasteiger partial charge >= 0.3 is 0 Å². The van der Waals surface area contributed by atoms with E-state index >= 15 is 0 Å². The summed E-state index contributed by atoms with van der Waals surface area (Å²) in [6, 6.07) is 6.49. The Balaban J connectivity index is 1.66. The summed E-state index contributed by atoms with van der Waals surface area (Å²) >= 11 is 0. The second kappa shape index (κ2) is 11.1. The van der Waals surface area contributed by atoms with E-state index in [9.17, 15) is 4.79 Å². The van der Waals surface area contributed by atoms with Gasteiger partial charge in [0.2, 0.25) is 0 Å². The molecule has 1 aromatic carbocycles. The van der Waals surface area contributed by atoms with Crippen LogP contribution in [0.1, 0.15) is 95.0 Å². The third kappa shape index (κ3) is 5.42. The predicted octanol–water partition coefficient (Wildman–Crippen LogP) is 8.33. The molecule has 3 aliphatic rings. The third-order valence-electron chi connectivity index (χ3n) is 8.85. The molecule has 0 bridgehead atoms. The zero-order chi connectivity index (χ0) is 24.2. The van der Waals surface area contributed by atoms with E-state index in [2.05, 4.69) is 56.5 Å². The highest BCUT2D eigenvalue weighted by Crippen LogP contribution is 2.45. The highest BCUT2D eigenvalue weighted by molar-refractivity contribution is 5.95. The summed E-state index contributed by atoms with van der Waals surface area (Å²) in [5.74, 6) is 3.12. The number of benzene rings is 1. The molecule has 0 spiro atoms. The number of carbonyl (C=O) groups excluding carboxylic acids is 1. The number of Topliss-reactive ketones (excluding diaryl/α,β-unsaturated/α-hetero) is 1. The molecular formula is C32H45NO. The minimum Gasteiger partial charge on any atom is -0.370 e. The van der Waals surface area contributed by atoms with Gasteiger partial charge in [0.05, 0.1) is 0 Å². The molecule has 34 heavy (non-hydrogen) atoms. The molecule has 1 heterocycles. The van der Waals surface area contributed by atoms with Crippen molar-refractivity contribution >= 4 is 11.5 Å². The number of nitrogens with zero attached hydrogens (tertiary/aromatic N) is 1. The van der Waals surface area contributed by atoms with Crippen molar-refractivity contribution < 1.29 is 4.79 Å². The fraction of sp³-hybridized carbons (Fsp3) is 0.594. The second-order valence-corrected chi connectivity index (χ2v) is 11.3. The maximum Gasteiger partial charge on any atom is 0.159 e. The van der Waals surface area contributed by atoms with Gasteiger partial charge in [-0.2, -0.15) is 0 Å². The highest BCUT2D eigenvalue weighted by Gasteiger charge is 2.39. The fourth-order valence-corrected chi connectivity index (χ4v) is 6.80. The standard InChI is InChI=1S/C32H45NO/c1-6-8-10-28-18-23(4)31(28)21-33-20-29(30-16-11-22(3)17-27(30)9-7-2)15-13-25-12-14-26(24(5)34)19-32(25)33/h6,12,14,17,19,23,28-29,31H,1,7-11,13,15-16,18,20-21H2,2-5H3. The zero-order valence-electron chi connectivity index (χ0n) is 22.0. The van der Waals surface area contributed by atoms with Crippen molar-refractivity contribution in [3.8, 4) is 0 Å². The number of allylic oxidation sites excluding steroid dienone is 4. The Morgan fingerprint density at radius 1 is 1.24 bits per heavy atom. The van der Waals surface area contributed by atoms with Gasteiger partial charge in [-0.3, -0.25) is 4.79 Å². The quantitative estimate of drug-likeness (QED) is 0.273. The Morgan fingerprint density at radius 3 is 2.76 bits per heavy atom. The van der Waals surface area contributed by atoms with Crippen LogP contribution in [0.25, 0.3) is 0 Å². The summed E-state index contributed by atoms with van der Waals surface area (Å²) in [5, 5.41) is 0. The molecule has 2 aliphatic carbocycles. The maximum absolute atomic E-state index is 12.3. The average Bonchev–Trinajstić information content (AvgIpc) is 2.99. The molecule has 4 rings (SSSR count). The van der Waals surface area contributed by atoms with E-state index < -0.39 is 0 Å². The van der Waals surface area contributed by atoms with Crippen LogP contribution in [0.2, 0.25) is 0 Å². The van der Waals surface area contributed by atoms with Crippen LogP contribution in [0, 0.1) is 23.7 Å². The van der Waals surface area contributed by atoms with Crippen molar-refractivity contribution in [2.45, 2.75) is 85.5 Å². The molecule has 4 atom stereocenters. The molecular weight excluding hydrogens is 414 g/mol. The van der Waals surface area contributed by atoms with Crippen LogP contribution in [0.5, 0.6) is 0 Å². The van der Waals surface area contributed by atoms with Crippen molar-refractivity contribution in [3.05, 3.63) is 64.8 Å². The summed E-state index contributed by atoms with van der Waals surface area (Å²) in [7, 11) is 0. The number of carbonyl (C=O) groups is 1. The lowest BCUT2D eigenvalue weighted by molar-refractivity contribution is 0.0840. The topological polar surface area (TPSA) is 20.3 Å². The monoisotopic (exact) mass is 459 g/mol. The Bertz CT molecular complexity index is 967. The lowest BCUT2D eigenvalue weighted by Crippen LogP contribution is -2.45. The van der Waals surface area contributed by atoms with Crippen molar-refractivity contribution in [1.29, 1.82) is 0 Å². The van der Waals surface area contributed by atoms with E-state index in [1.165, 1.54) is 56.2 Å². The van der Waals surface area contributed by atoms with E-state index in [4.69, 9.17) is 0 Å². The Kier molecular flexibility index (Phi) is 8.17. The van der Waals surface area contributed by atoms with E-state index in [1.54, 1.807) is 23.6 Å². The second-order valence-electron chi connectivity index (χ2n) is 11.3. The first-order valence-electron chi connectivity index (χ1n) is 13.8. The summed E-state index contributed by atoms with van der Waals surface area (Å²) in [6.45, 7) is 14.9. The van der Waals surface area contributed by atoms with Crippen LogP contribution in [-0.4, -0.2) is 18.9 Å². The van der Waals surface area contributed by atoms with Crippen LogP contribution in [0.3, 0.4) is 0 Å². The summed E-state index contributed by atoms with van der Waals surface area (Å²) in [6.07, 6.45) is 15.5. The third-order valence-corrected chi connectivity index (χ3v) is 8.85. The normalized spacial score (nSPS) is 26.9. The molecule has 1 saturated carbocycles. The minimum atomic E-state index is 0.172. The largest absolute Gasteiger partial charge is 0.370 e. The summed E-state index contributed by atoms with van der Waals surface area (Å²) in [5.41, 5.74) is 8.50. The molecule has 0 radical (unpaired) electrons. The smallest absolute Gasteiger partial charge is 0.159 e. The minimum absolute atomic E-state index is 0.172. The Morgan fingerprint density at radius 2 is 2.06 bits per heavy atom. The van der Waals surface area contributed by atoms with Gasteiger partial charge in [-0.15, -0.1) is 6.58 Å². The molecule has 0 amide bonds. The Hall–Kier alpha value is -2.09. The average molecular weight is 460 g/mol. The molecule has 4 unspecified atom stereocenters. The van der Waals surface area contributed by atoms with Gasteiger partial charge < -0.3 is 4.90 Å². The molecule has 2 heteroatoms. The van der Waals surface area contributed by atoms with E-state index in [0.29, 0.717) is 5.92 Å². The number of fused-ring (bicyclic) bond motifs is 1. The number of rotatable bonds is 9. The number of hydrogen-bond acceptors (Lipinski definition) is 2.